The molecule has 3 rings (SSSR count). The minimum atomic E-state index is -0.464. The van der Waals surface area contributed by atoms with E-state index < -0.39 is 5.95 Å². The van der Waals surface area contributed by atoms with Crippen molar-refractivity contribution >= 4 is 10.9 Å². The third-order valence-corrected chi connectivity index (χ3v) is 3.46. The van der Waals surface area contributed by atoms with Gasteiger partial charge in [-0.1, -0.05) is 12.1 Å². The summed E-state index contributed by atoms with van der Waals surface area (Å²) in [6.45, 7) is 1.75. The van der Waals surface area contributed by atoms with Crippen molar-refractivity contribution in [1.29, 1.82) is 0 Å². The molecule has 108 valence electrons. The first-order chi connectivity index (χ1) is 10.1. The van der Waals surface area contributed by atoms with Crippen LogP contribution in [0.3, 0.4) is 0 Å². The second-order valence-corrected chi connectivity index (χ2v) is 5.31. The highest BCUT2D eigenvalue weighted by Gasteiger charge is 2.06. The Morgan fingerprint density at radius 1 is 1.14 bits per heavy atom. The molecule has 3 aromatic rings. The van der Waals surface area contributed by atoms with Gasteiger partial charge in [-0.25, -0.2) is 4.98 Å². The fraction of sp³-hybridized carbons (Fsp3) is 0.250. The lowest BCUT2D eigenvalue weighted by Gasteiger charge is -2.10. The number of fused-ring (bicyclic) bond motifs is 1. The Hall–Kier alpha value is -2.27. The maximum atomic E-state index is 13.3. The molecule has 0 fully saturated rings. The molecule has 2 aromatic heterocycles. The van der Waals surface area contributed by atoms with E-state index in [-0.39, 0.29) is 0 Å². The van der Waals surface area contributed by atoms with Crippen LogP contribution in [0.1, 0.15) is 0 Å². The maximum absolute atomic E-state index is 13.3. The Morgan fingerprint density at radius 3 is 2.71 bits per heavy atom. The molecule has 0 bridgehead atoms. The average molecular weight is 284 g/mol. The van der Waals surface area contributed by atoms with E-state index in [9.17, 15) is 4.39 Å². The molecule has 0 atom stereocenters. The van der Waals surface area contributed by atoms with Crippen LogP contribution in [-0.4, -0.2) is 40.3 Å². The summed E-state index contributed by atoms with van der Waals surface area (Å²) < 4.78 is 15.2. The first-order valence-electron chi connectivity index (χ1n) is 6.86. The largest absolute Gasteiger partial charge is 0.308 e. The molecule has 0 aliphatic rings. The van der Waals surface area contributed by atoms with Crippen molar-refractivity contribution in [3.8, 4) is 11.1 Å². The van der Waals surface area contributed by atoms with Gasteiger partial charge in [0.05, 0.1) is 18.3 Å². The molecule has 0 saturated carbocycles. The van der Waals surface area contributed by atoms with E-state index in [1.165, 1.54) is 12.3 Å². The number of hydrogen-bond acceptors (Lipinski definition) is 3. The average Bonchev–Trinajstić information content (AvgIpc) is 2.87. The van der Waals surface area contributed by atoms with Crippen LogP contribution in [0.5, 0.6) is 0 Å². The number of rotatable bonds is 4. The Labute approximate surface area is 122 Å². The van der Waals surface area contributed by atoms with Crippen molar-refractivity contribution in [2.24, 2.45) is 0 Å². The van der Waals surface area contributed by atoms with Crippen LogP contribution < -0.4 is 0 Å². The van der Waals surface area contributed by atoms with Crippen LogP contribution in [0, 0.1) is 5.95 Å². The number of hydrogen-bond donors (Lipinski definition) is 0. The Kier molecular flexibility index (Phi) is 3.66. The molecule has 0 spiro atoms. The van der Waals surface area contributed by atoms with Crippen molar-refractivity contribution in [3.63, 3.8) is 0 Å². The van der Waals surface area contributed by atoms with Crippen molar-refractivity contribution in [2.75, 3.05) is 20.6 Å². The van der Waals surface area contributed by atoms with Gasteiger partial charge in [-0.15, -0.1) is 0 Å². The van der Waals surface area contributed by atoms with Crippen LogP contribution >= 0.6 is 0 Å². The zero-order chi connectivity index (χ0) is 14.8. The standard InChI is InChI=1S/C16H17FN4/c1-20(2)7-8-21-15-9-12(3-4-14(15)11-19-21)13-5-6-18-16(17)10-13/h3-6,9-11H,7-8H2,1-2H3. The minimum absolute atomic E-state index is 0.464. The molecule has 4 nitrogen and oxygen atoms in total. The summed E-state index contributed by atoms with van der Waals surface area (Å²) in [5.74, 6) is -0.464. The van der Waals surface area contributed by atoms with Gasteiger partial charge in [0, 0.05) is 24.2 Å². The van der Waals surface area contributed by atoms with E-state index in [0.717, 1.165) is 35.1 Å². The summed E-state index contributed by atoms with van der Waals surface area (Å²) in [5.41, 5.74) is 2.85. The molecule has 0 aliphatic carbocycles. The summed E-state index contributed by atoms with van der Waals surface area (Å²) in [7, 11) is 4.08. The van der Waals surface area contributed by atoms with Gasteiger partial charge in [0.2, 0.25) is 5.95 Å². The van der Waals surface area contributed by atoms with E-state index in [4.69, 9.17) is 0 Å². The molecule has 0 radical (unpaired) electrons. The summed E-state index contributed by atoms with van der Waals surface area (Å²) in [6.07, 6.45) is 3.35. The molecule has 0 amide bonds. The molecule has 0 saturated heterocycles. The number of likely N-dealkylation sites (N-methyl/N-ethyl adjacent to an activating group) is 1. The van der Waals surface area contributed by atoms with Crippen LogP contribution in [-0.2, 0) is 6.54 Å². The summed E-state index contributed by atoms with van der Waals surface area (Å²) >= 11 is 0. The van der Waals surface area contributed by atoms with Gasteiger partial charge >= 0.3 is 0 Å². The molecule has 0 aliphatic heterocycles. The highest BCUT2D eigenvalue weighted by molar-refractivity contribution is 5.84. The lowest BCUT2D eigenvalue weighted by molar-refractivity contribution is 0.377. The molecule has 5 heteroatoms. The molecule has 2 heterocycles. The summed E-state index contributed by atoms with van der Waals surface area (Å²) in [5, 5.41) is 5.51. The first kappa shape index (κ1) is 13.7. The third kappa shape index (κ3) is 2.92. The van der Waals surface area contributed by atoms with E-state index in [1.807, 2.05) is 49.2 Å². The highest BCUT2D eigenvalue weighted by atomic mass is 19.1. The number of nitrogens with zero attached hydrogens (tertiary/aromatic N) is 4. The monoisotopic (exact) mass is 284 g/mol. The zero-order valence-electron chi connectivity index (χ0n) is 12.1. The fourth-order valence-corrected chi connectivity index (χ4v) is 2.30. The molecular weight excluding hydrogens is 267 g/mol. The van der Waals surface area contributed by atoms with Gasteiger partial charge in [0.25, 0.3) is 0 Å². The summed E-state index contributed by atoms with van der Waals surface area (Å²) in [4.78, 5) is 5.71. The number of pyridine rings is 1. The van der Waals surface area contributed by atoms with E-state index in [0.29, 0.717) is 0 Å². The van der Waals surface area contributed by atoms with Gasteiger partial charge < -0.3 is 4.90 Å². The molecule has 0 N–H and O–H groups in total. The molecule has 0 unspecified atom stereocenters. The summed E-state index contributed by atoms with van der Waals surface area (Å²) in [6, 6.07) is 9.30. The van der Waals surface area contributed by atoms with Crippen molar-refractivity contribution < 1.29 is 4.39 Å². The molecular formula is C16H17FN4. The van der Waals surface area contributed by atoms with Crippen molar-refractivity contribution in [1.82, 2.24) is 19.7 Å². The van der Waals surface area contributed by atoms with E-state index in [1.54, 1.807) is 0 Å². The second-order valence-electron chi connectivity index (χ2n) is 5.31. The molecule has 21 heavy (non-hydrogen) atoms. The van der Waals surface area contributed by atoms with Gasteiger partial charge in [-0.05, 0) is 37.4 Å². The zero-order valence-corrected chi connectivity index (χ0v) is 12.1. The topological polar surface area (TPSA) is 34.0 Å². The Bertz CT molecular complexity index is 764. The lowest BCUT2D eigenvalue weighted by Crippen LogP contribution is -2.18. The highest BCUT2D eigenvalue weighted by Crippen LogP contribution is 2.24. The Balaban J connectivity index is 2.00. The predicted molar refractivity (Wildman–Crippen MR) is 81.5 cm³/mol. The van der Waals surface area contributed by atoms with Crippen LogP contribution in [0.2, 0.25) is 0 Å². The SMILES string of the molecule is CN(C)CCn1ncc2ccc(-c3ccnc(F)c3)cc21. The number of halogens is 1. The Morgan fingerprint density at radius 2 is 1.95 bits per heavy atom. The van der Waals surface area contributed by atoms with Gasteiger partial charge in [0.15, 0.2) is 0 Å². The van der Waals surface area contributed by atoms with Crippen LogP contribution in [0.4, 0.5) is 4.39 Å². The quantitative estimate of drug-likeness (QED) is 0.691. The first-order valence-corrected chi connectivity index (χ1v) is 6.86. The minimum Gasteiger partial charge on any atom is -0.308 e. The molecule has 1 aromatic carbocycles. The normalized spacial score (nSPS) is 11.4. The van der Waals surface area contributed by atoms with Crippen LogP contribution in [0.25, 0.3) is 22.0 Å². The van der Waals surface area contributed by atoms with Crippen molar-refractivity contribution in [2.45, 2.75) is 6.54 Å². The van der Waals surface area contributed by atoms with E-state index in [2.05, 4.69) is 15.0 Å². The fourth-order valence-electron chi connectivity index (χ4n) is 2.30. The van der Waals surface area contributed by atoms with Crippen molar-refractivity contribution in [3.05, 3.63) is 48.7 Å². The number of benzene rings is 1. The smallest absolute Gasteiger partial charge is 0.213 e. The maximum Gasteiger partial charge on any atom is 0.213 e. The van der Waals surface area contributed by atoms with Gasteiger partial charge in [0.1, 0.15) is 0 Å². The predicted octanol–water partition coefficient (Wildman–Crippen LogP) is 2.80. The van der Waals surface area contributed by atoms with E-state index >= 15 is 0 Å². The number of aromatic nitrogens is 3. The van der Waals surface area contributed by atoms with Gasteiger partial charge in [-0.2, -0.15) is 9.49 Å². The van der Waals surface area contributed by atoms with Gasteiger partial charge in [-0.3, -0.25) is 4.68 Å². The lowest BCUT2D eigenvalue weighted by atomic mass is 10.1. The van der Waals surface area contributed by atoms with Crippen LogP contribution in [0.15, 0.2) is 42.7 Å². The second kappa shape index (κ2) is 5.61. The third-order valence-electron chi connectivity index (χ3n) is 3.46.